The van der Waals surface area contributed by atoms with E-state index in [0.29, 0.717) is 57.2 Å². The molecule has 0 unspecified atom stereocenters. The van der Waals surface area contributed by atoms with Gasteiger partial charge in [-0.05, 0) is 58.7 Å². The molecule has 0 bridgehead atoms. The summed E-state index contributed by atoms with van der Waals surface area (Å²) in [4.78, 5) is 15.0. The van der Waals surface area contributed by atoms with Gasteiger partial charge in [0.25, 0.3) is 0 Å². The quantitative estimate of drug-likeness (QED) is 0.178. The number of hydrogen-bond donors (Lipinski definition) is 0. The predicted octanol–water partition coefficient (Wildman–Crippen LogP) is 11.9. The number of fused-ring (bicyclic) bond motifs is 5. The molecule has 0 radical (unpaired) electrons. The summed E-state index contributed by atoms with van der Waals surface area (Å²) in [5.41, 5.74) is 8.61. The van der Waals surface area contributed by atoms with Crippen LogP contribution in [0.1, 0.15) is 5.56 Å². The van der Waals surface area contributed by atoms with E-state index < -0.39 is 0 Å². The van der Waals surface area contributed by atoms with Crippen molar-refractivity contribution in [3.05, 3.63) is 163 Å². The number of para-hydroxylation sites is 2. The fourth-order valence-corrected chi connectivity index (χ4v) is 6.78. The van der Waals surface area contributed by atoms with Crippen LogP contribution >= 0.6 is 0 Å². The van der Waals surface area contributed by atoms with Crippen molar-refractivity contribution in [3.63, 3.8) is 0 Å². The topological polar surface area (TPSA) is 94.1 Å². The molecule has 7 heteroatoms. The molecule has 0 atom stereocenters. The van der Waals surface area contributed by atoms with Gasteiger partial charge in [0.05, 0.1) is 17.2 Å². The third-order valence-electron chi connectivity index (χ3n) is 9.45. The zero-order valence-corrected chi connectivity index (χ0v) is 28.0. The molecule has 0 amide bonds. The summed E-state index contributed by atoms with van der Waals surface area (Å²) in [5.74, 6) is 3.68. The van der Waals surface area contributed by atoms with Crippen molar-refractivity contribution in [3.8, 4) is 85.5 Å². The molecule has 0 saturated heterocycles. The number of furan rings is 1. The van der Waals surface area contributed by atoms with Crippen LogP contribution in [-0.4, -0.2) is 15.0 Å². The third-order valence-corrected chi connectivity index (χ3v) is 9.45. The van der Waals surface area contributed by atoms with Gasteiger partial charge in [-0.25, -0.2) is 15.0 Å². The van der Waals surface area contributed by atoms with Crippen molar-refractivity contribution < 1.29 is 13.9 Å². The van der Waals surface area contributed by atoms with Crippen molar-refractivity contribution in [2.45, 2.75) is 0 Å². The maximum Gasteiger partial charge on any atom is 0.181 e. The van der Waals surface area contributed by atoms with Gasteiger partial charge in [-0.15, -0.1) is 0 Å². The minimum Gasteiger partial charge on any atom is -0.456 e. The first-order valence-corrected chi connectivity index (χ1v) is 17.1. The van der Waals surface area contributed by atoms with E-state index in [4.69, 9.17) is 28.8 Å². The molecular formula is C46H26N4O3. The van der Waals surface area contributed by atoms with Gasteiger partial charge in [0.15, 0.2) is 40.5 Å². The van der Waals surface area contributed by atoms with E-state index in [1.165, 1.54) is 0 Å². The minimum absolute atomic E-state index is 0.441. The highest BCUT2D eigenvalue weighted by Gasteiger charge is 2.26. The zero-order valence-electron chi connectivity index (χ0n) is 28.0. The van der Waals surface area contributed by atoms with Crippen LogP contribution in [0.4, 0.5) is 0 Å². The molecule has 1 aliphatic heterocycles. The molecule has 9 aromatic rings. The van der Waals surface area contributed by atoms with E-state index in [1.54, 1.807) is 6.07 Å². The van der Waals surface area contributed by atoms with Crippen molar-refractivity contribution in [1.29, 1.82) is 5.26 Å². The Labute approximate surface area is 304 Å². The van der Waals surface area contributed by atoms with Gasteiger partial charge < -0.3 is 13.9 Å². The van der Waals surface area contributed by atoms with Gasteiger partial charge in [-0.1, -0.05) is 115 Å². The largest absolute Gasteiger partial charge is 0.456 e. The van der Waals surface area contributed by atoms with Crippen LogP contribution in [0.25, 0.3) is 78.4 Å². The molecule has 0 aliphatic carbocycles. The first-order chi connectivity index (χ1) is 26.2. The molecule has 3 heterocycles. The second-order valence-electron chi connectivity index (χ2n) is 12.7. The summed E-state index contributed by atoms with van der Waals surface area (Å²) in [7, 11) is 0. The van der Waals surface area contributed by atoms with E-state index in [0.717, 1.165) is 49.7 Å². The first kappa shape index (κ1) is 30.3. The van der Waals surface area contributed by atoms with Crippen molar-refractivity contribution in [2.75, 3.05) is 0 Å². The smallest absolute Gasteiger partial charge is 0.181 e. The predicted molar refractivity (Wildman–Crippen MR) is 206 cm³/mol. The van der Waals surface area contributed by atoms with Crippen molar-refractivity contribution >= 4 is 21.9 Å². The van der Waals surface area contributed by atoms with Gasteiger partial charge in [0.2, 0.25) is 0 Å². The van der Waals surface area contributed by atoms with Gasteiger partial charge >= 0.3 is 0 Å². The molecule has 0 spiro atoms. The molecule has 0 N–H and O–H groups in total. The van der Waals surface area contributed by atoms with E-state index in [1.807, 2.05) is 127 Å². The number of ether oxygens (including phenoxy) is 2. The van der Waals surface area contributed by atoms with Crippen LogP contribution in [0, 0.1) is 11.3 Å². The lowest BCUT2D eigenvalue weighted by atomic mass is 10.0. The lowest BCUT2D eigenvalue weighted by Gasteiger charge is -2.22. The van der Waals surface area contributed by atoms with Gasteiger partial charge in [0, 0.05) is 28.0 Å². The summed E-state index contributed by atoms with van der Waals surface area (Å²) in [6, 6.07) is 53.8. The van der Waals surface area contributed by atoms with E-state index in [-0.39, 0.29) is 0 Å². The number of benzene rings is 7. The summed E-state index contributed by atoms with van der Waals surface area (Å²) in [6.45, 7) is 0. The van der Waals surface area contributed by atoms with Crippen LogP contribution in [0.5, 0.6) is 23.0 Å². The molecule has 1 aliphatic rings. The maximum atomic E-state index is 9.41. The fourth-order valence-electron chi connectivity index (χ4n) is 6.78. The van der Waals surface area contributed by atoms with E-state index in [9.17, 15) is 5.26 Å². The summed E-state index contributed by atoms with van der Waals surface area (Å²) in [5, 5.41) is 11.4. The normalized spacial score (nSPS) is 11.7. The zero-order chi connectivity index (χ0) is 35.3. The fraction of sp³-hybridized carbons (Fsp3) is 0. The Balaban J connectivity index is 1.08. The molecule has 7 nitrogen and oxygen atoms in total. The number of nitrogens with zero attached hydrogens (tertiary/aromatic N) is 4. The van der Waals surface area contributed by atoms with Crippen LogP contribution in [0.2, 0.25) is 0 Å². The molecule has 7 aromatic carbocycles. The first-order valence-electron chi connectivity index (χ1n) is 17.1. The SMILES string of the molecule is N#Cc1cccc(-c2ccc(-c3nc(-c4ccc(-c5ccccc5)cc4)nc(-c4cccc5c4Oc4cc6oc7ccccc7c6cc4O5)n3)cc2)c1. The Morgan fingerprint density at radius 1 is 0.415 bits per heavy atom. The Hall–Kier alpha value is -7.56. The Morgan fingerprint density at radius 2 is 1.02 bits per heavy atom. The Bertz CT molecular complexity index is 2890. The number of nitriles is 1. The highest BCUT2D eigenvalue weighted by atomic mass is 16.6. The van der Waals surface area contributed by atoms with E-state index >= 15 is 0 Å². The highest BCUT2D eigenvalue weighted by Crippen LogP contribution is 2.51. The van der Waals surface area contributed by atoms with Crippen LogP contribution in [0.3, 0.4) is 0 Å². The van der Waals surface area contributed by atoms with Gasteiger partial charge in [0.1, 0.15) is 11.2 Å². The number of hydrogen-bond acceptors (Lipinski definition) is 7. The van der Waals surface area contributed by atoms with Crippen molar-refractivity contribution in [2.24, 2.45) is 0 Å². The number of aromatic nitrogens is 3. The summed E-state index contributed by atoms with van der Waals surface area (Å²) >= 11 is 0. The highest BCUT2D eigenvalue weighted by molar-refractivity contribution is 6.06. The molecule has 10 rings (SSSR count). The average molecular weight is 683 g/mol. The molecule has 2 aromatic heterocycles. The molecule has 0 fully saturated rings. The number of rotatable bonds is 5. The Kier molecular flexibility index (Phi) is 7.05. The maximum absolute atomic E-state index is 9.41. The third kappa shape index (κ3) is 5.43. The van der Waals surface area contributed by atoms with Crippen LogP contribution in [0.15, 0.2) is 162 Å². The summed E-state index contributed by atoms with van der Waals surface area (Å²) in [6.07, 6.45) is 0. The Morgan fingerprint density at radius 3 is 1.77 bits per heavy atom. The average Bonchev–Trinajstić information content (AvgIpc) is 3.59. The van der Waals surface area contributed by atoms with Gasteiger partial charge in [-0.3, -0.25) is 0 Å². The van der Waals surface area contributed by atoms with Crippen LogP contribution < -0.4 is 9.47 Å². The van der Waals surface area contributed by atoms with Gasteiger partial charge in [-0.2, -0.15) is 5.26 Å². The summed E-state index contributed by atoms with van der Waals surface area (Å²) < 4.78 is 19.2. The monoisotopic (exact) mass is 682 g/mol. The van der Waals surface area contributed by atoms with Crippen LogP contribution in [-0.2, 0) is 0 Å². The second-order valence-corrected chi connectivity index (χ2v) is 12.7. The molecular weight excluding hydrogens is 657 g/mol. The molecule has 0 saturated carbocycles. The lowest BCUT2D eigenvalue weighted by Crippen LogP contribution is -2.04. The van der Waals surface area contributed by atoms with E-state index in [2.05, 4.69) is 30.3 Å². The minimum atomic E-state index is 0.441. The second kappa shape index (κ2) is 12.3. The molecule has 248 valence electrons. The lowest BCUT2D eigenvalue weighted by molar-refractivity contribution is 0.361. The standard InChI is InChI=1S/C46H26N4O3/c47-27-28-8-6-11-34(24-28)31-18-22-33(23-19-31)45-48-44(32-20-16-30(17-21-32)29-9-2-1-3-10-29)49-46(50-45)36-13-7-15-39-43(36)53-42-26-40-37(25-41(42)52-39)35-12-4-5-14-38(35)51-40/h1-26H. The molecule has 53 heavy (non-hydrogen) atoms. The van der Waals surface area contributed by atoms with Crippen molar-refractivity contribution in [1.82, 2.24) is 15.0 Å².